The summed E-state index contributed by atoms with van der Waals surface area (Å²) < 4.78 is 5.21. The van der Waals surface area contributed by atoms with Crippen molar-refractivity contribution in [2.45, 2.75) is 39.7 Å². The monoisotopic (exact) mass is 266 g/mol. The highest BCUT2D eigenvalue weighted by molar-refractivity contribution is 5.78. The van der Waals surface area contributed by atoms with E-state index in [-0.39, 0.29) is 17.9 Å². The topological polar surface area (TPSA) is 71.3 Å². The van der Waals surface area contributed by atoms with Gasteiger partial charge in [-0.25, -0.2) is 0 Å². The molecule has 1 N–H and O–H groups in total. The van der Waals surface area contributed by atoms with E-state index >= 15 is 0 Å². The van der Waals surface area contributed by atoms with Crippen molar-refractivity contribution in [3.63, 3.8) is 0 Å². The van der Waals surface area contributed by atoms with Gasteiger partial charge < -0.3 is 9.84 Å². The fourth-order valence-electron chi connectivity index (χ4n) is 2.51. The van der Waals surface area contributed by atoms with Crippen LogP contribution in [0.25, 0.3) is 0 Å². The van der Waals surface area contributed by atoms with Crippen LogP contribution in [0.15, 0.2) is 4.52 Å². The standard InChI is InChI=1S/C13H22N4O2/c1-4-14-12(18)11-5-7-17(8-6-11)9(2)13-15-10(3)16-19-13/h9,11H,4-8H2,1-3H3,(H,14,18)/t9-/m1/s1. The lowest BCUT2D eigenvalue weighted by molar-refractivity contribution is -0.126. The number of carbonyl (C=O) groups excluding carboxylic acids is 1. The van der Waals surface area contributed by atoms with Crippen LogP contribution in [0.3, 0.4) is 0 Å². The van der Waals surface area contributed by atoms with Crippen LogP contribution in [-0.4, -0.2) is 40.6 Å². The number of nitrogens with one attached hydrogen (secondary N) is 1. The lowest BCUT2D eigenvalue weighted by atomic mass is 9.95. The fourth-order valence-corrected chi connectivity index (χ4v) is 2.51. The second-order valence-electron chi connectivity index (χ2n) is 5.06. The normalized spacial score (nSPS) is 19.3. The number of likely N-dealkylation sites (tertiary alicyclic amines) is 1. The first-order chi connectivity index (χ1) is 9.11. The molecule has 6 heteroatoms. The Hall–Kier alpha value is -1.43. The minimum atomic E-state index is 0.122. The van der Waals surface area contributed by atoms with Gasteiger partial charge in [0.15, 0.2) is 5.82 Å². The number of carbonyl (C=O) groups is 1. The van der Waals surface area contributed by atoms with E-state index in [9.17, 15) is 4.79 Å². The van der Waals surface area contributed by atoms with E-state index in [1.54, 1.807) is 0 Å². The quantitative estimate of drug-likeness (QED) is 0.889. The van der Waals surface area contributed by atoms with E-state index in [2.05, 4.69) is 27.3 Å². The number of nitrogens with zero attached hydrogens (tertiary/aromatic N) is 3. The number of piperidine rings is 1. The molecule has 1 aromatic rings. The van der Waals surface area contributed by atoms with Gasteiger partial charge in [0.25, 0.3) is 0 Å². The van der Waals surface area contributed by atoms with Gasteiger partial charge in [-0.1, -0.05) is 5.16 Å². The summed E-state index contributed by atoms with van der Waals surface area (Å²) in [6, 6.07) is 0.122. The van der Waals surface area contributed by atoms with Crippen LogP contribution >= 0.6 is 0 Å². The van der Waals surface area contributed by atoms with Crippen molar-refractivity contribution in [3.05, 3.63) is 11.7 Å². The van der Waals surface area contributed by atoms with Gasteiger partial charge in [-0.3, -0.25) is 9.69 Å². The van der Waals surface area contributed by atoms with Gasteiger partial charge >= 0.3 is 0 Å². The highest BCUT2D eigenvalue weighted by atomic mass is 16.5. The number of aromatic nitrogens is 2. The van der Waals surface area contributed by atoms with Gasteiger partial charge in [0, 0.05) is 12.5 Å². The lowest BCUT2D eigenvalue weighted by Gasteiger charge is -2.33. The summed E-state index contributed by atoms with van der Waals surface area (Å²) in [7, 11) is 0. The highest BCUT2D eigenvalue weighted by Crippen LogP contribution is 2.25. The van der Waals surface area contributed by atoms with Crippen LogP contribution in [0.2, 0.25) is 0 Å². The first-order valence-electron chi connectivity index (χ1n) is 6.93. The van der Waals surface area contributed by atoms with Crippen LogP contribution in [0.1, 0.15) is 44.4 Å². The van der Waals surface area contributed by atoms with E-state index in [4.69, 9.17) is 4.52 Å². The molecule has 0 radical (unpaired) electrons. The average Bonchev–Trinajstić information content (AvgIpc) is 2.85. The maximum absolute atomic E-state index is 11.8. The van der Waals surface area contributed by atoms with E-state index < -0.39 is 0 Å². The maximum Gasteiger partial charge on any atom is 0.243 e. The molecule has 6 nitrogen and oxygen atoms in total. The molecule has 0 unspecified atom stereocenters. The van der Waals surface area contributed by atoms with Crippen LogP contribution in [0.5, 0.6) is 0 Å². The SMILES string of the molecule is CCNC(=O)C1CCN([C@H](C)c2nc(C)no2)CC1. The molecular weight excluding hydrogens is 244 g/mol. The van der Waals surface area contributed by atoms with Crippen molar-refractivity contribution in [3.8, 4) is 0 Å². The van der Waals surface area contributed by atoms with Crippen molar-refractivity contribution in [2.75, 3.05) is 19.6 Å². The Balaban J connectivity index is 1.87. The van der Waals surface area contributed by atoms with E-state index in [0.717, 1.165) is 25.9 Å². The molecule has 2 rings (SSSR count). The first-order valence-corrected chi connectivity index (χ1v) is 6.93. The molecule has 0 spiro atoms. The van der Waals surface area contributed by atoms with Crippen molar-refractivity contribution < 1.29 is 9.32 Å². The lowest BCUT2D eigenvalue weighted by Crippen LogP contribution is -2.41. The molecule has 0 saturated carbocycles. The predicted molar refractivity (Wildman–Crippen MR) is 70.4 cm³/mol. The first kappa shape index (κ1) is 14.0. The summed E-state index contributed by atoms with van der Waals surface area (Å²) in [5.74, 6) is 1.66. The van der Waals surface area contributed by atoms with Crippen molar-refractivity contribution >= 4 is 5.91 Å². The summed E-state index contributed by atoms with van der Waals surface area (Å²) >= 11 is 0. The Labute approximate surface area is 113 Å². The Morgan fingerprint density at radius 2 is 2.21 bits per heavy atom. The Morgan fingerprint density at radius 3 is 2.74 bits per heavy atom. The predicted octanol–water partition coefficient (Wildman–Crippen LogP) is 1.29. The molecule has 1 aromatic heterocycles. The smallest absolute Gasteiger partial charge is 0.243 e. The van der Waals surface area contributed by atoms with Crippen LogP contribution in [0.4, 0.5) is 0 Å². The molecule has 106 valence electrons. The van der Waals surface area contributed by atoms with E-state index in [0.29, 0.717) is 18.3 Å². The van der Waals surface area contributed by atoms with Crippen LogP contribution in [-0.2, 0) is 4.79 Å². The van der Waals surface area contributed by atoms with Crippen LogP contribution < -0.4 is 5.32 Å². The summed E-state index contributed by atoms with van der Waals surface area (Å²) in [4.78, 5) is 18.3. The minimum absolute atomic E-state index is 0.122. The third-order valence-corrected chi connectivity index (χ3v) is 3.70. The minimum Gasteiger partial charge on any atom is -0.356 e. The van der Waals surface area contributed by atoms with Gasteiger partial charge in [0.2, 0.25) is 11.8 Å². The number of amides is 1. The zero-order valence-electron chi connectivity index (χ0n) is 11.8. The zero-order chi connectivity index (χ0) is 13.8. The van der Waals surface area contributed by atoms with Gasteiger partial charge in [-0.15, -0.1) is 0 Å². The molecule has 1 atom stereocenters. The van der Waals surface area contributed by atoms with Crippen LogP contribution in [0, 0.1) is 12.8 Å². The molecule has 1 amide bonds. The molecule has 0 aromatic carbocycles. The number of hydrogen-bond donors (Lipinski definition) is 1. The van der Waals surface area contributed by atoms with Gasteiger partial charge in [0.05, 0.1) is 6.04 Å². The molecule has 0 aliphatic carbocycles. The summed E-state index contributed by atoms with van der Waals surface area (Å²) in [6.45, 7) is 8.33. The van der Waals surface area contributed by atoms with Crippen molar-refractivity contribution in [1.29, 1.82) is 0 Å². The maximum atomic E-state index is 11.8. The average molecular weight is 266 g/mol. The summed E-state index contributed by atoms with van der Waals surface area (Å²) in [6.07, 6.45) is 1.78. The summed E-state index contributed by atoms with van der Waals surface area (Å²) in [5, 5.41) is 6.72. The van der Waals surface area contributed by atoms with E-state index in [1.807, 2.05) is 13.8 Å². The largest absolute Gasteiger partial charge is 0.356 e. The molecule has 1 aliphatic heterocycles. The van der Waals surface area contributed by atoms with Gasteiger partial charge in [0.1, 0.15) is 0 Å². The third kappa shape index (κ3) is 3.32. The summed E-state index contributed by atoms with van der Waals surface area (Å²) in [5.41, 5.74) is 0. The van der Waals surface area contributed by atoms with Crippen molar-refractivity contribution in [1.82, 2.24) is 20.4 Å². The second-order valence-corrected chi connectivity index (χ2v) is 5.06. The fraction of sp³-hybridized carbons (Fsp3) is 0.769. The van der Waals surface area contributed by atoms with Crippen molar-refractivity contribution in [2.24, 2.45) is 5.92 Å². The Kier molecular flexibility index (Phi) is 4.52. The Morgan fingerprint density at radius 1 is 1.53 bits per heavy atom. The third-order valence-electron chi connectivity index (χ3n) is 3.70. The van der Waals surface area contributed by atoms with Gasteiger partial charge in [-0.05, 0) is 46.7 Å². The number of aryl methyl sites for hydroxylation is 1. The number of rotatable bonds is 4. The zero-order valence-corrected chi connectivity index (χ0v) is 11.8. The molecule has 1 aliphatic rings. The molecule has 19 heavy (non-hydrogen) atoms. The second kappa shape index (κ2) is 6.14. The van der Waals surface area contributed by atoms with Gasteiger partial charge in [-0.2, -0.15) is 4.98 Å². The van der Waals surface area contributed by atoms with E-state index in [1.165, 1.54) is 0 Å². The molecule has 1 fully saturated rings. The molecule has 1 saturated heterocycles. The number of hydrogen-bond acceptors (Lipinski definition) is 5. The molecular formula is C13H22N4O2. The highest BCUT2D eigenvalue weighted by Gasteiger charge is 2.29. The molecule has 0 bridgehead atoms. The Bertz CT molecular complexity index is 424. The molecule has 2 heterocycles.